The average molecular weight is 408 g/mol. The van der Waals surface area contributed by atoms with Crippen molar-refractivity contribution in [3.05, 3.63) is 47.5 Å². The normalized spacial score (nSPS) is 21.4. The van der Waals surface area contributed by atoms with Gasteiger partial charge in [0.15, 0.2) is 0 Å². The number of nitrogens with zero attached hydrogens (tertiary/aromatic N) is 1. The molecular formula is C18H18ClN3O4S. The number of sulfonamides is 1. The van der Waals surface area contributed by atoms with Gasteiger partial charge in [-0.25, -0.2) is 13.1 Å². The number of anilines is 2. The van der Waals surface area contributed by atoms with Gasteiger partial charge in [-0.15, -0.1) is 0 Å². The van der Waals surface area contributed by atoms with Crippen molar-refractivity contribution >= 4 is 38.9 Å². The van der Waals surface area contributed by atoms with Crippen LogP contribution in [0, 0.1) is 0 Å². The van der Waals surface area contributed by atoms with Gasteiger partial charge in [0.2, 0.25) is 15.9 Å². The van der Waals surface area contributed by atoms with Gasteiger partial charge in [0.1, 0.15) is 11.8 Å². The van der Waals surface area contributed by atoms with Crippen LogP contribution in [0.25, 0.3) is 0 Å². The lowest BCUT2D eigenvalue weighted by atomic mass is 10.1. The minimum atomic E-state index is -3.78. The van der Waals surface area contributed by atoms with Crippen LogP contribution in [0.4, 0.5) is 11.4 Å². The fraction of sp³-hybridized carbons (Fsp3) is 0.278. The fourth-order valence-electron chi connectivity index (χ4n) is 3.58. The molecule has 2 unspecified atom stereocenters. The van der Waals surface area contributed by atoms with Crippen molar-refractivity contribution in [2.45, 2.75) is 23.4 Å². The molecule has 0 aromatic heterocycles. The smallest absolute Gasteiger partial charge is 0.247 e. The van der Waals surface area contributed by atoms with E-state index in [9.17, 15) is 13.2 Å². The van der Waals surface area contributed by atoms with Gasteiger partial charge in [-0.3, -0.25) is 4.79 Å². The predicted molar refractivity (Wildman–Crippen MR) is 103 cm³/mol. The maximum atomic E-state index is 12.7. The molecule has 2 aromatic rings. The summed E-state index contributed by atoms with van der Waals surface area (Å²) in [7, 11) is -2.31. The first-order valence-electron chi connectivity index (χ1n) is 8.41. The number of methoxy groups -OCH3 is 1. The average Bonchev–Trinajstić information content (AvgIpc) is 3.05. The summed E-state index contributed by atoms with van der Waals surface area (Å²) in [6.45, 7) is 0.415. The van der Waals surface area contributed by atoms with Gasteiger partial charge >= 0.3 is 0 Å². The van der Waals surface area contributed by atoms with E-state index in [4.69, 9.17) is 16.3 Å². The van der Waals surface area contributed by atoms with Crippen LogP contribution in [-0.4, -0.2) is 40.1 Å². The first kappa shape index (κ1) is 18.1. The monoisotopic (exact) mass is 407 g/mol. The second-order valence-corrected chi connectivity index (χ2v) is 8.65. The van der Waals surface area contributed by atoms with Crippen molar-refractivity contribution in [1.29, 1.82) is 0 Å². The minimum Gasteiger partial charge on any atom is -0.495 e. The zero-order valence-electron chi connectivity index (χ0n) is 14.5. The molecule has 2 aliphatic heterocycles. The van der Waals surface area contributed by atoms with Gasteiger partial charge in [-0.2, -0.15) is 0 Å². The topological polar surface area (TPSA) is 87.7 Å². The number of amides is 1. The van der Waals surface area contributed by atoms with E-state index in [0.717, 1.165) is 11.4 Å². The van der Waals surface area contributed by atoms with Crippen LogP contribution in [0.2, 0.25) is 5.02 Å². The number of carbonyl (C=O) groups is 1. The van der Waals surface area contributed by atoms with Crippen LogP contribution in [0.1, 0.15) is 6.42 Å². The Morgan fingerprint density at radius 1 is 1.26 bits per heavy atom. The standard InChI is InChI=1S/C18H18ClN3O4S/c1-26-17-7-6-12(9-13(17)19)27(24,25)21-11-8-16-18(23)20-14-4-2-3-5-15(14)22(16)10-11/h2-7,9,11,16,21H,8,10H2,1H3,(H,20,23). The second-order valence-electron chi connectivity index (χ2n) is 6.52. The van der Waals surface area contributed by atoms with Crippen LogP contribution in [0.5, 0.6) is 5.75 Å². The van der Waals surface area contributed by atoms with E-state index in [1.54, 1.807) is 0 Å². The Labute approximate surface area is 162 Å². The maximum Gasteiger partial charge on any atom is 0.247 e. The first-order chi connectivity index (χ1) is 12.9. The Morgan fingerprint density at radius 3 is 2.78 bits per heavy atom. The number of hydrogen-bond donors (Lipinski definition) is 2. The molecule has 1 fully saturated rings. The highest BCUT2D eigenvalue weighted by Crippen LogP contribution is 2.36. The van der Waals surface area contributed by atoms with E-state index >= 15 is 0 Å². The third-order valence-corrected chi connectivity index (χ3v) is 6.64. The van der Waals surface area contributed by atoms with Gasteiger partial charge in [0.05, 0.1) is 28.4 Å². The third kappa shape index (κ3) is 3.24. The summed E-state index contributed by atoms with van der Waals surface area (Å²) in [5.41, 5.74) is 1.64. The summed E-state index contributed by atoms with van der Waals surface area (Å²) in [5.74, 6) is 0.282. The Bertz CT molecular complexity index is 1010. The predicted octanol–water partition coefficient (Wildman–Crippen LogP) is 2.23. The molecule has 2 N–H and O–H groups in total. The highest BCUT2D eigenvalue weighted by molar-refractivity contribution is 7.89. The van der Waals surface area contributed by atoms with E-state index in [1.165, 1.54) is 25.3 Å². The molecule has 0 spiro atoms. The second kappa shape index (κ2) is 6.70. The lowest BCUT2D eigenvalue weighted by molar-refractivity contribution is -0.117. The maximum absolute atomic E-state index is 12.7. The molecule has 2 atom stereocenters. The molecule has 0 aliphatic carbocycles. The SMILES string of the molecule is COc1ccc(S(=O)(=O)NC2CC3C(=O)Nc4ccccc4N3C2)cc1Cl. The number of carbonyl (C=O) groups excluding carboxylic acids is 1. The molecule has 2 aliphatic rings. The molecule has 142 valence electrons. The third-order valence-electron chi connectivity index (χ3n) is 4.83. The van der Waals surface area contributed by atoms with Crippen LogP contribution >= 0.6 is 11.6 Å². The molecule has 2 heterocycles. The quantitative estimate of drug-likeness (QED) is 0.811. The number of fused-ring (bicyclic) bond motifs is 3. The van der Waals surface area contributed by atoms with Crippen molar-refractivity contribution < 1.29 is 17.9 Å². The summed E-state index contributed by atoms with van der Waals surface area (Å²) < 4.78 is 33.2. The van der Waals surface area contributed by atoms with E-state index in [1.807, 2.05) is 29.2 Å². The van der Waals surface area contributed by atoms with Gasteiger partial charge in [-0.1, -0.05) is 23.7 Å². The molecule has 27 heavy (non-hydrogen) atoms. The molecule has 0 radical (unpaired) electrons. The highest BCUT2D eigenvalue weighted by atomic mass is 35.5. The Morgan fingerprint density at radius 2 is 2.04 bits per heavy atom. The van der Waals surface area contributed by atoms with Crippen LogP contribution < -0.4 is 19.7 Å². The fourth-order valence-corrected chi connectivity index (χ4v) is 5.17. The lowest BCUT2D eigenvalue weighted by Gasteiger charge is -2.32. The van der Waals surface area contributed by atoms with Gasteiger partial charge in [0, 0.05) is 12.6 Å². The van der Waals surface area contributed by atoms with Gasteiger partial charge in [0.25, 0.3) is 0 Å². The number of ether oxygens (including phenoxy) is 1. The van der Waals surface area contributed by atoms with Crippen molar-refractivity contribution in [2.24, 2.45) is 0 Å². The summed E-state index contributed by atoms with van der Waals surface area (Å²) in [6, 6.07) is 11.0. The van der Waals surface area contributed by atoms with Crippen LogP contribution in [0.15, 0.2) is 47.4 Å². The molecule has 9 heteroatoms. The lowest BCUT2D eigenvalue weighted by Crippen LogP contribution is -2.44. The van der Waals surface area contributed by atoms with Crippen LogP contribution in [-0.2, 0) is 14.8 Å². The van der Waals surface area contributed by atoms with Crippen molar-refractivity contribution in [3.8, 4) is 5.75 Å². The van der Waals surface area contributed by atoms with E-state index in [2.05, 4.69) is 10.0 Å². The van der Waals surface area contributed by atoms with Crippen molar-refractivity contribution in [1.82, 2.24) is 4.72 Å². The van der Waals surface area contributed by atoms with Crippen LogP contribution in [0.3, 0.4) is 0 Å². The summed E-state index contributed by atoms with van der Waals surface area (Å²) in [5, 5.41) is 3.10. The summed E-state index contributed by atoms with van der Waals surface area (Å²) in [4.78, 5) is 14.4. The van der Waals surface area contributed by atoms with Gasteiger partial charge < -0.3 is 15.0 Å². The molecule has 4 rings (SSSR count). The van der Waals surface area contributed by atoms with E-state index < -0.39 is 22.1 Å². The zero-order chi connectivity index (χ0) is 19.2. The Hall–Kier alpha value is -2.29. The molecule has 1 saturated heterocycles. The number of para-hydroxylation sites is 2. The molecule has 7 nitrogen and oxygen atoms in total. The molecule has 1 amide bonds. The van der Waals surface area contributed by atoms with Crippen molar-refractivity contribution in [2.75, 3.05) is 23.9 Å². The van der Waals surface area contributed by atoms with Crippen molar-refractivity contribution in [3.63, 3.8) is 0 Å². The largest absolute Gasteiger partial charge is 0.495 e. The first-order valence-corrected chi connectivity index (χ1v) is 10.3. The zero-order valence-corrected chi connectivity index (χ0v) is 16.0. The Balaban J connectivity index is 1.56. The van der Waals surface area contributed by atoms with Gasteiger partial charge in [-0.05, 0) is 36.8 Å². The highest BCUT2D eigenvalue weighted by Gasteiger charge is 2.42. The molecular weight excluding hydrogens is 390 g/mol. The number of rotatable bonds is 4. The molecule has 0 bridgehead atoms. The molecule has 2 aromatic carbocycles. The van der Waals surface area contributed by atoms with E-state index in [0.29, 0.717) is 18.7 Å². The number of halogens is 1. The number of hydrogen-bond acceptors (Lipinski definition) is 5. The van der Waals surface area contributed by atoms with E-state index in [-0.39, 0.29) is 15.8 Å². The summed E-state index contributed by atoms with van der Waals surface area (Å²) in [6.07, 6.45) is 0.392. The summed E-state index contributed by atoms with van der Waals surface area (Å²) >= 11 is 6.05. The Kier molecular flexibility index (Phi) is 4.49. The molecule has 0 saturated carbocycles. The number of benzene rings is 2. The minimum absolute atomic E-state index is 0.0584. The number of nitrogens with one attached hydrogen (secondary N) is 2.